The second kappa shape index (κ2) is 43.1. The highest BCUT2D eigenvalue weighted by molar-refractivity contribution is 5.98. The number of pyridine rings is 3. The molecular weight excluding hydrogens is 1310 g/mol. The van der Waals surface area contributed by atoms with E-state index in [2.05, 4.69) is 349 Å². The highest BCUT2D eigenvalue weighted by Gasteiger charge is 2.06. The van der Waals surface area contributed by atoms with Crippen LogP contribution < -0.4 is 0 Å². The standard InChI is InChI=1S/3C17H14.2C11H10.3C6H7N.2C5H6N2/c1-13-11-15-9-5-6-10-16(15)17(12-13)14-7-3-2-4-8-14;1-13-10-11-17-15(12-13)8-5-9-16(17)14-6-3-2-4-7-14;1-13-7-8-17-12-16(10-9-15(17)11-13)14-5-3-2-4-6-14;1-9-5-4-7-10-6-2-3-8-11(9)10;1-9-6-7-10-4-2-3-5-11(10)8-9;1-6-2-4-7-5-3-6;1-6-3-2-4-7-5-6;1-6-4-2-3-5-7-6;1-5-2-6-4-7-3-5;1-5-6-3-2-4-7-5/h3*2-12H,1H3;2*2-8H,1H3;3*2-5H,1H3;2*2-4H,1H3. The highest BCUT2D eigenvalue weighted by Crippen LogP contribution is 2.32. The number of benzene rings is 13. The summed E-state index contributed by atoms with van der Waals surface area (Å²) in [6.07, 6.45) is 17.5. The summed E-state index contributed by atoms with van der Waals surface area (Å²) < 4.78 is 0. The van der Waals surface area contributed by atoms with Crippen LogP contribution in [0.3, 0.4) is 0 Å². The Hall–Kier alpha value is -13.2. The minimum atomic E-state index is 0.822. The maximum Gasteiger partial charge on any atom is 0.125 e. The first kappa shape index (κ1) is 78.9. The molecule has 0 radical (unpaired) electrons. The van der Waals surface area contributed by atoms with Crippen LogP contribution in [0.25, 0.3) is 87.2 Å². The topological polar surface area (TPSA) is 90.2 Å². The second-order valence-electron chi connectivity index (χ2n) is 26.1. The molecular formula is C101H95N7. The molecule has 0 unspecified atom stereocenters. The molecule has 0 aliphatic carbocycles. The molecule has 5 heterocycles. The van der Waals surface area contributed by atoms with Crippen LogP contribution in [0.5, 0.6) is 0 Å². The van der Waals surface area contributed by atoms with Gasteiger partial charge in [0.25, 0.3) is 0 Å². The number of aromatic nitrogens is 7. The lowest BCUT2D eigenvalue weighted by Crippen LogP contribution is -1.83. The van der Waals surface area contributed by atoms with Gasteiger partial charge >= 0.3 is 0 Å². The third-order valence-electron chi connectivity index (χ3n) is 17.1. The zero-order valence-corrected chi connectivity index (χ0v) is 63.7. The van der Waals surface area contributed by atoms with E-state index >= 15 is 0 Å². The number of hydrogen-bond donors (Lipinski definition) is 0. The molecule has 0 saturated carbocycles. The van der Waals surface area contributed by atoms with Gasteiger partial charge in [0.2, 0.25) is 0 Å². The summed E-state index contributed by atoms with van der Waals surface area (Å²) in [6, 6.07) is 116. The van der Waals surface area contributed by atoms with Crippen LogP contribution in [0.1, 0.15) is 56.0 Å². The summed E-state index contributed by atoms with van der Waals surface area (Å²) in [5.41, 5.74) is 19.0. The Morgan fingerprint density at radius 2 is 0.657 bits per heavy atom. The van der Waals surface area contributed by atoms with Crippen LogP contribution >= 0.6 is 0 Å². The fraction of sp³-hybridized carbons (Fsp3) is 0.0990. The number of nitrogens with zero attached hydrogens (tertiary/aromatic N) is 7. The van der Waals surface area contributed by atoms with Crippen LogP contribution in [0.2, 0.25) is 0 Å². The van der Waals surface area contributed by atoms with Crippen LogP contribution in [0.15, 0.2) is 396 Å². The van der Waals surface area contributed by atoms with Crippen molar-refractivity contribution in [2.75, 3.05) is 0 Å². The summed E-state index contributed by atoms with van der Waals surface area (Å²) >= 11 is 0. The van der Waals surface area contributed by atoms with Gasteiger partial charge in [-0.1, -0.05) is 308 Å². The lowest BCUT2D eigenvalue weighted by molar-refractivity contribution is 1.05. The van der Waals surface area contributed by atoms with Crippen molar-refractivity contribution in [2.45, 2.75) is 69.2 Å². The largest absolute Gasteiger partial charge is 0.265 e. The molecule has 7 heteroatoms. The summed E-state index contributed by atoms with van der Waals surface area (Å²) in [4.78, 5) is 27.0. The minimum absolute atomic E-state index is 0.822. The normalized spacial score (nSPS) is 9.94. The SMILES string of the molecule is Cc1cc(-c2ccccc2)c2ccccc2c1.Cc1ccc2c(-c3ccccc3)cccc2c1.Cc1ccc2cc(-c3ccccc3)ccc2c1.Cc1ccc2ccccc2c1.Cc1cccc2ccccc12.Cc1ccccn1.Cc1cccnc1.Cc1ccncc1.Cc1cncnc1.Cc1ncccn1. The van der Waals surface area contributed by atoms with Gasteiger partial charge in [-0.25, -0.2) is 19.9 Å². The van der Waals surface area contributed by atoms with Crippen molar-refractivity contribution in [2.24, 2.45) is 0 Å². The molecule has 0 aliphatic heterocycles. The summed E-state index contributed by atoms with van der Waals surface area (Å²) in [6.45, 7) is 20.5. The van der Waals surface area contributed by atoms with Crippen molar-refractivity contribution in [3.8, 4) is 33.4 Å². The maximum absolute atomic E-state index is 3.98. The third-order valence-corrected chi connectivity index (χ3v) is 17.1. The van der Waals surface area contributed by atoms with Gasteiger partial charge in [0, 0.05) is 61.5 Å². The molecule has 7 nitrogen and oxygen atoms in total. The fourth-order valence-corrected chi connectivity index (χ4v) is 11.5. The minimum Gasteiger partial charge on any atom is -0.265 e. The smallest absolute Gasteiger partial charge is 0.125 e. The Bertz CT molecular complexity index is 5350. The molecule has 13 aromatic carbocycles. The monoisotopic (exact) mass is 1410 g/mol. The third kappa shape index (κ3) is 26.5. The predicted octanol–water partition coefficient (Wildman–Crippen LogP) is 26.5. The van der Waals surface area contributed by atoms with Gasteiger partial charge in [-0.3, -0.25) is 15.0 Å². The van der Waals surface area contributed by atoms with E-state index in [0.717, 1.165) is 17.1 Å². The highest BCUT2D eigenvalue weighted by atomic mass is 14.8. The summed E-state index contributed by atoms with van der Waals surface area (Å²) in [7, 11) is 0. The van der Waals surface area contributed by atoms with Crippen LogP contribution in [-0.2, 0) is 0 Å². The summed E-state index contributed by atoms with van der Waals surface area (Å²) in [5, 5.41) is 13.2. The van der Waals surface area contributed by atoms with Gasteiger partial charge < -0.3 is 0 Å². The molecule has 18 aromatic rings. The van der Waals surface area contributed by atoms with Crippen LogP contribution in [0.4, 0.5) is 0 Å². The quantitative estimate of drug-likeness (QED) is 0.174. The molecule has 0 amide bonds. The van der Waals surface area contributed by atoms with E-state index < -0.39 is 0 Å². The Labute approximate surface area is 639 Å². The van der Waals surface area contributed by atoms with Crippen molar-refractivity contribution >= 4 is 53.9 Å². The average molecular weight is 1410 g/mol. The number of rotatable bonds is 3. The van der Waals surface area contributed by atoms with E-state index in [1.54, 1.807) is 55.6 Å². The first-order chi connectivity index (χ1) is 52.7. The number of fused-ring (bicyclic) bond motifs is 5. The number of aryl methyl sites for hydroxylation is 10. The molecule has 0 aliphatic rings. The van der Waals surface area contributed by atoms with Crippen molar-refractivity contribution in [3.05, 3.63) is 452 Å². The Morgan fingerprint density at radius 3 is 1.19 bits per heavy atom. The van der Waals surface area contributed by atoms with E-state index in [1.165, 1.54) is 133 Å². The van der Waals surface area contributed by atoms with Crippen molar-refractivity contribution in [1.82, 2.24) is 34.9 Å². The maximum atomic E-state index is 3.98. The molecule has 0 N–H and O–H groups in total. The van der Waals surface area contributed by atoms with Crippen molar-refractivity contribution < 1.29 is 0 Å². The first-order valence-corrected chi connectivity index (χ1v) is 36.3. The number of hydrogen-bond acceptors (Lipinski definition) is 7. The van der Waals surface area contributed by atoms with E-state index in [-0.39, 0.29) is 0 Å². The zero-order valence-electron chi connectivity index (χ0n) is 63.7. The van der Waals surface area contributed by atoms with Gasteiger partial charge in [-0.15, -0.1) is 0 Å². The van der Waals surface area contributed by atoms with Crippen LogP contribution in [0, 0.1) is 69.2 Å². The first-order valence-electron chi connectivity index (χ1n) is 36.3. The molecule has 0 fully saturated rings. The molecule has 0 spiro atoms. The molecule has 534 valence electrons. The lowest BCUT2D eigenvalue weighted by Gasteiger charge is -2.08. The molecule has 108 heavy (non-hydrogen) atoms. The van der Waals surface area contributed by atoms with Gasteiger partial charge in [-0.05, 0) is 227 Å². The molecule has 0 saturated heterocycles. The fourth-order valence-electron chi connectivity index (χ4n) is 11.5. The van der Waals surface area contributed by atoms with E-state index in [0.29, 0.717) is 0 Å². The molecule has 5 aromatic heterocycles. The van der Waals surface area contributed by atoms with Crippen LogP contribution in [-0.4, -0.2) is 34.9 Å². The Kier molecular flexibility index (Phi) is 31.5. The van der Waals surface area contributed by atoms with E-state index in [1.807, 2.05) is 89.3 Å². The summed E-state index contributed by atoms with van der Waals surface area (Å²) in [5.74, 6) is 0.822. The molecule has 18 rings (SSSR count). The molecule has 0 bridgehead atoms. The van der Waals surface area contributed by atoms with Gasteiger partial charge in [0.1, 0.15) is 12.2 Å². The lowest BCUT2D eigenvalue weighted by atomic mass is 9.96. The van der Waals surface area contributed by atoms with E-state index in [9.17, 15) is 0 Å². The average Bonchev–Trinajstić information content (AvgIpc) is 0.807. The molecule has 0 atom stereocenters. The van der Waals surface area contributed by atoms with E-state index in [4.69, 9.17) is 0 Å². The van der Waals surface area contributed by atoms with Crippen molar-refractivity contribution in [1.29, 1.82) is 0 Å². The zero-order chi connectivity index (χ0) is 75.9. The van der Waals surface area contributed by atoms with Gasteiger partial charge in [-0.2, -0.15) is 0 Å². The Morgan fingerprint density at radius 1 is 0.194 bits per heavy atom. The van der Waals surface area contributed by atoms with Crippen molar-refractivity contribution in [3.63, 3.8) is 0 Å². The second-order valence-corrected chi connectivity index (χ2v) is 26.1. The predicted molar refractivity (Wildman–Crippen MR) is 460 cm³/mol. The van der Waals surface area contributed by atoms with Gasteiger partial charge in [0.05, 0.1) is 0 Å². The Balaban J connectivity index is 0.000000142. The van der Waals surface area contributed by atoms with Gasteiger partial charge in [0.15, 0.2) is 0 Å².